The van der Waals surface area contributed by atoms with Gasteiger partial charge in [-0.1, -0.05) is 0 Å². The van der Waals surface area contributed by atoms with Gasteiger partial charge in [0, 0.05) is 18.8 Å². The molecule has 0 unspecified atom stereocenters. The number of rotatable bonds is 4. The summed E-state index contributed by atoms with van der Waals surface area (Å²) in [6, 6.07) is 8.03. The first-order chi connectivity index (χ1) is 10.7. The number of nitriles is 1. The van der Waals surface area contributed by atoms with Crippen molar-refractivity contribution in [3.8, 4) is 6.07 Å². The lowest BCUT2D eigenvalue weighted by atomic mass is 9.82. The standard InChI is InChI=1S/C15H20N4O3S/c1-15(11-16)6-8-19(9-7-15)10-14(20)18-12-2-4-13(5-3-12)23(17,21)22/h2-5H,6-10H2,1H3,(H,18,20)(H2,17,21,22). The third kappa shape index (κ3) is 4.76. The molecule has 124 valence electrons. The van der Waals surface area contributed by atoms with Crippen molar-refractivity contribution >= 4 is 21.6 Å². The Kier molecular flexibility index (Phi) is 5.04. The second-order valence-corrected chi connectivity index (χ2v) is 7.63. The average molecular weight is 336 g/mol. The Hall–Kier alpha value is -1.95. The minimum Gasteiger partial charge on any atom is -0.325 e. The van der Waals surface area contributed by atoms with E-state index >= 15 is 0 Å². The highest BCUT2D eigenvalue weighted by Crippen LogP contribution is 2.29. The summed E-state index contributed by atoms with van der Waals surface area (Å²) in [6.07, 6.45) is 1.50. The molecule has 0 spiro atoms. The van der Waals surface area contributed by atoms with Crippen LogP contribution in [0.25, 0.3) is 0 Å². The van der Waals surface area contributed by atoms with E-state index in [1.165, 1.54) is 24.3 Å². The number of hydrogen-bond acceptors (Lipinski definition) is 5. The van der Waals surface area contributed by atoms with Crippen LogP contribution in [-0.2, 0) is 14.8 Å². The first-order valence-corrected chi connectivity index (χ1v) is 8.83. The van der Waals surface area contributed by atoms with E-state index in [1.807, 2.05) is 11.8 Å². The summed E-state index contributed by atoms with van der Waals surface area (Å²) in [4.78, 5) is 14.0. The molecule has 2 rings (SSSR count). The van der Waals surface area contributed by atoms with Crippen LogP contribution in [-0.4, -0.2) is 38.9 Å². The van der Waals surface area contributed by atoms with Crippen LogP contribution in [0.2, 0.25) is 0 Å². The minimum atomic E-state index is -3.73. The molecule has 0 aromatic heterocycles. The summed E-state index contributed by atoms with van der Waals surface area (Å²) in [5.74, 6) is -0.172. The molecule has 1 aliphatic rings. The SMILES string of the molecule is CC1(C#N)CCN(CC(=O)Nc2ccc(S(N)(=O)=O)cc2)CC1. The van der Waals surface area contributed by atoms with E-state index in [0.29, 0.717) is 18.8 Å². The van der Waals surface area contributed by atoms with Crippen LogP contribution in [0.1, 0.15) is 19.8 Å². The van der Waals surface area contributed by atoms with Crippen molar-refractivity contribution in [2.24, 2.45) is 10.6 Å². The molecule has 0 aliphatic carbocycles. The van der Waals surface area contributed by atoms with Crippen molar-refractivity contribution in [3.63, 3.8) is 0 Å². The van der Waals surface area contributed by atoms with Gasteiger partial charge in [-0.25, -0.2) is 13.6 Å². The molecule has 1 aliphatic heterocycles. The largest absolute Gasteiger partial charge is 0.325 e. The van der Waals surface area contributed by atoms with E-state index in [0.717, 1.165) is 12.8 Å². The van der Waals surface area contributed by atoms with E-state index in [9.17, 15) is 13.2 Å². The number of anilines is 1. The van der Waals surface area contributed by atoms with E-state index < -0.39 is 10.0 Å². The number of likely N-dealkylation sites (tertiary alicyclic amines) is 1. The third-order valence-corrected chi connectivity index (χ3v) is 4.99. The highest BCUT2D eigenvalue weighted by Gasteiger charge is 2.30. The summed E-state index contributed by atoms with van der Waals surface area (Å²) in [5.41, 5.74) is 0.220. The van der Waals surface area contributed by atoms with Gasteiger partial charge in [-0.15, -0.1) is 0 Å². The van der Waals surface area contributed by atoms with Crippen molar-refractivity contribution in [2.75, 3.05) is 25.0 Å². The Morgan fingerprint density at radius 3 is 2.39 bits per heavy atom. The molecule has 1 saturated heterocycles. The van der Waals surface area contributed by atoms with Crippen molar-refractivity contribution in [1.82, 2.24) is 4.90 Å². The summed E-state index contributed by atoms with van der Waals surface area (Å²) < 4.78 is 22.3. The van der Waals surface area contributed by atoms with Crippen LogP contribution >= 0.6 is 0 Å². The van der Waals surface area contributed by atoms with Gasteiger partial charge in [0.25, 0.3) is 0 Å². The van der Waals surface area contributed by atoms with Gasteiger partial charge in [-0.05, 0) is 44.0 Å². The lowest BCUT2D eigenvalue weighted by molar-refractivity contribution is -0.117. The van der Waals surface area contributed by atoms with Crippen LogP contribution < -0.4 is 10.5 Å². The minimum absolute atomic E-state index is 0.00215. The maximum absolute atomic E-state index is 12.0. The number of nitrogens with one attached hydrogen (secondary N) is 1. The maximum Gasteiger partial charge on any atom is 0.238 e. The average Bonchev–Trinajstić information content (AvgIpc) is 2.49. The highest BCUT2D eigenvalue weighted by atomic mass is 32.2. The molecule has 1 amide bonds. The zero-order chi connectivity index (χ0) is 17.1. The Bertz CT molecular complexity index is 714. The quantitative estimate of drug-likeness (QED) is 0.847. The van der Waals surface area contributed by atoms with E-state index in [-0.39, 0.29) is 22.8 Å². The van der Waals surface area contributed by atoms with Gasteiger partial charge in [-0.2, -0.15) is 5.26 Å². The van der Waals surface area contributed by atoms with Crippen LogP contribution in [0, 0.1) is 16.7 Å². The van der Waals surface area contributed by atoms with Gasteiger partial charge < -0.3 is 5.32 Å². The predicted octanol–water partition coefficient (Wildman–Crippen LogP) is 0.898. The fourth-order valence-electron chi connectivity index (χ4n) is 2.45. The topological polar surface area (TPSA) is 116 Å². The molecule has 0 bridgehead atoms. The third-order valence-electron chi connectivity index (χ3n) is 4.06. The molecule has 1 heterocycles. The van der Waals surface area contributed by atoms with Gasteiger partial charge >= 0.3 is 0 Å². The van der Waals surface area contributed by atoms with Gasteiger partial charge in [0.15, 0.2) is 0 Å². The number of primary sulfonamides is 1. The number of carbonyl (C=O) groups excluding carboxylic acids is 1. The monoisotopic (exact) mass is 336 g/mol. The molecule has 0 atom stereocenters. The number of piperidine rings is 1. The van der Waals surface area contributed by atoms with Crippen LogP contribution in [0.3, 0.4) is 0 Å². The Labute approximate surface area is 136 Å². The number of hydrogen-bond donors (Lipinski definition) is 2. The van der Waals surface area contributed by atoms with E-state index in [2.05, 4.69) is 11.4 Å². The summed E-state index contributed by atoms with van der Waals surface area (Å²) in [5, 5.41) is 16.8. The Balaban J connectivity index is 1.87. The first kappa shape index (κ1) is 17.4. The molecule has 0 saturated carbocycles. The van der Waals surface area contributed by atoms with Crippen LogP contribution in [0.4, 0.5) is 5.69 Å². The number of carbonyl (C=O) groups is 1. The molecule has 0 radical (unpaired) electrons. The fourth-order valence-corrected chi connectivity index (χ4v) is 2.96. The Morgan fingerprint density at radius 1 is 1.35 bits per heavy atom. The molecular weight excluding hydrogens is 316 g/mol. The summed E-state index contributed by atoms with van der Waals surface area (Å²) in [7, 11) is -3.73. The normalized spacial score (nSPS) is 18.1. The number of nitrogens with zero attached hydrogens (tertiary/aromatic N) is 2. The smallest absolute Gasteiger partial charge is 0.238 e. The lowest BCUT2D eigenvalue weighted by Crippen LogP contribution is -2.42. The summed E-state index contributed by atoms with van der Waals surface area (Å²) in [6.45, 7) is 3.61. The van der Waals surface area contributed by atoms with Crippen molar-refractivity contribution in [1.29, 1.82) is 5.26 Å². The van der Waals surface area contributed by atoms with E-state index in [4.69, 9.17) is 10.4 Å². The zero-order valence-corrected chi connectivity index (χ0v) is 13.8. The summed E-state index contributed by atoms with van der Waals surface area (Å²) >= 11 is 0. The second-order valence-electron chi connectivity index (χ2n) is 6.07. The molecule has 7 nitrogen and oxygen atoms in total. The zero-order valence-electron chi connectivity index (χ0n) is 12.9. The fraction of sp³-hybridized carbons (Fsp3) is 0.467. The Morgan fingerprint density at radius 2 is 1.91 bits per heavy atom. The molecule has 1 aromatic rings. The van der Waals surface area contributed by atoms with E-state index in [1.54, 1.807) is 0 Å². The van der Waals surface area contributed by atoms with Gasteiger partial charge in [-0.3, -0.25) is 9.69 Å². The van der Waals surface area contributed by atoms with Crippen molar-refractivity contribution in [2.45, 2.75) is 24.7 Å². The molecule has 3 N–H and O–H groups in total. The number of sulfonamides is 1. The van der Waals surface area contributed by atoms with Crippen molar-refractivity contribution in [3.05, 3.63) is 24.3 Å². The van der Waals surface area contributed by atoms with Crippen LogP contribution in [0.15, 0.2) is 29.2 Å². The molecule has 1 fully saturated rings. The van der Waals surface area contributed by atoms with Gasteiger partial charge in [0.2, 0.25) is 15.9 Å². The number of nitrogens with two attached hydrogens (primary N) is 1. The molecular formula is C15H20N4O3S. The van der Waals surface area contributed by atoms with Crippen molar-refractivity contribution < 1.29 is 13.2 Å². The highest BCUT2D eigenvalue weighted by molar-refractivity contribution is 7.89. The number of benzene rings is 1. The van der Waals surface area contributed by atoms with Gasteiger partial charge in [0.1, 0.15) is 0 Å². The molecule has 23 heavy (non-hydrogen) atoms. The van der Waals surface area contributed by atoms with Gasteiger partial charge in [0.05, 0.1) is 22.9 Å². The number of amides is 1. The lowest BCUT2D eigenvalue weighted by Gasteiger charge is -2.34. The van der Waals surface area contributed by atoms with Crippen LogP contribution in [0.5, 0.6) is 0 Å². The maximum atomic E-state index is 12.0. The predicted molar refractivity (Wildman–Crippen MR) is 85.8 cm³/mol. The molecule has 8 heteroatoms. The second kappa shape index (κ2) is 6.66. The molecule has 1 aromatic carbocycles. The first-order valence-electron chi connectivity index (χ1n) is 7.28.